The predicted molar refractivity (Wildman–Crippen MR) is 103 cm³/mol. The van der Waals surface area contributed by atoms with Crippen LogP contribution in [0.15, 0.2) is 54.2 Å². The third-order valence-corrected chi connectivity index (χ3v) is 5.07. The topological polar surface area (TPSA) is 59.3 Å². The number of nitrogens with zero attached hydrogens (tertiary/aromatic N) is 3. The molecule has 7 heteroatoms. The molecule has 4 aromatic rings. The summed E-state index contributed by atoms with van der Waals surface area (Å²) in [6, 6.07) is 9.53. The van der Waals surface area contributed by atoms with E-state index in [1.54, 1.807) is 46.2 Å². The molecule has 136 valence electrons. The first-order valence-corrected chi connectivity index (χ1v) is 9.35. The average molecular weight is 380 g/mol. The van der Waals surface area contributed by atoms with Gasteiger partial charge in [-0.15, -0.1) is 11.3 Å². The molecule has 0 aliphatic carbocycles. The van der Waals surface area contributed by atoms with Crippen molar-refractivity contribution >= 4 is 22.9 Å². The number of fused-ring (bicyclic) bond motifs is 1. The summed E-state index contributed by atoms with van der Waals surface area (Å²) in [4.78, 5) is 21.5. The van der Waals surface area contributed by atoms with Crippen molar-refractivity contribution in [2.24, 2.45) is 0 Å². The lowest BCUT2D eigenvalue weighted by atomic mass is 10.2. The van der Waals surface area contributed by atoms with Crippen LogP contribution >= 0.6 is 11.3 Å². The standard InChI is InChI=1S/C20H17FN4OS/c1-12(18-11-27-13(2)23-18)22-20(26)15-5-8-19-24-17(10-25(19)9-15)14-3-6-16(21)7-4-14/h3-12H,1-2H3,(H,22,26)/t12-/m1/s1. The molecule has 1 amide bonds. The molecular formula is C20H17FN4OS. The van der Waals surface area contributed by atoms with Crippen molar-refractivity contribution in [3.8, 4) is 11.3 Å². The Kier molecular flexibility index (Phi) is 4.45. The van der Waals surface area contributed by atoms with Gasteiger partial charge < -0.3 is 9.72 Å². The first-order chi connectivity index (χ1) is 13.0. The zero-order valence-corrected chi connectivity index (χ0v) is 15.6. The van der Waals surface area contributed by atoms with E-state index in [9.17, 15) is 9.18 Å². The van der Waals surface area contributed by atoms with Gasteiger partial charge in [0.05, 0.1) is 28.0 Å². The van der Waals surface area contributed by atoms with Crippen molar-refractivity contribution in [2.75, 3.05) is 0 Å². The molecule has 0 radical (unpaired) electrons. The maximum atomic E-state index is 13.1. The van der Waals surface area contributed by atoms with E-state index in [4.69, 9.17) is 0 Å². The number of benzene rings is 1. The van der Waals surface area contributed by atoms with Crippen LogP contribution in [-0.4, -0.2) is 20.3 Å². The average Bonchev–Trinajstić information content (AvgIpc) is 3.27. The van der Waals surface area contributed by atoms with Crippen molar-refractivity contribution in [1.29, 1.82) is 0 Å². The third kappa shape index (κ3) is 3.59. The number of aromatic nitrogens is 3. The minimum Gasteiger partial charge on any atom is -0.344 e. The summed E-state index contributed by atoms with van der Waals surface area (Å²) in [5.41, 5.74) is 3.64. The Morgan fingerprint density at radius 3 is 2.63 bits per heavy atom. The number of nitrogens with one attached hydrogen (secondary N) is 1. The second-order valence-corrected chi connectivity index (χ2v) is 7.37. The van der Waals surface area contributed by atoms with Crippen molar-refractivity contribution in [3.05, 3.63) is 76.3 Å². The molecule has 1 aromatic carbocycles. The number of hydrogen-bond donors (Lipinski definition) is 1. The summed E-state index contributed by atoms with van der Waals surface area (Å²) >= 11 is 1.56. The van der Waals surface area contributed by atoms with E-state index >= 15 is 0 Å². The first-order valence-electron chi connectivity index (χ1n) is 8.47. The molecule has 0 fully saturated rings. The van der Waals surface area contributed by atoms with Crippen molar-refractivity contribution in [2.45, 2.75) is 19.9 Å². The van der Waals surface area contributed by atoms with Gasteiger partial charge in [0, 0.05) is 23.3 Å². The molecule has 1 N–H and O–H groups in total. The quantitative estimate of drug-likeness (QED) is 0.571. The van der Waals surface area contributed by atoms with E-state index in [1.807, 2.05) is 25.4 Å². The molecule has 0 unspecified atom stereocenters. The first kappa shape index (κ1) is 17.4. The van der Waals surface area contributed by atoms with E-state index in [0.29, 0.717) is 11.2 Å². The molecular weight excluding hydrogens is 363 g/mol. The number of amides is 1. The fourth-order valence-electron chi connectivity index (χ4n) is 2.82. The number of hydrogen-bond acceptors (Lipinski definition) is 4. The van der Waals surface area contributed by atoms with Crippen LogP contribution < -0.4 is 5.32 Å². The molecule has 0 aliphatic rings. The van der Waals surface area contributed by atoms with Crippen LogP contribution in [0.2, 0.25) is 0 Å². The molecule has 0 bridgehead atoms. The van der Waals surface area contributed by atoms with Crippen molar-refractivity contribution in [1.82, 2.24) is 19.7 Å². The smallest absolute Gasteiger partial charge is 0.253 e. The highest BCUT2D eigenvalue weighted by atomic mass is 32.1. The van der Waals surface area contributed by atoms with Gasteiger partial charge in [-0.2, -0.15) is 0 Å². The molecule has 27 heavy (non-hydrogen) atoms. The molecule has 3 heterocycles. The van der Waals surface area contributed by atoms with E-state index in [-0.39, 0.29) is 17.8 Å². The van der Waals surface area contributed by atoms with Crippen LogP contribution in [-0.2, 0) is 0 Å². The van der Waals surface area contributed by atoms with Gasteiger partial charge in [0.15, 0.2) is 0 Å². The summed E-state index contributed by atoms with van der Waals surface area (Å²) in [6.07, 6.45) is 3.57. The maximum absolute atomic E-state index is 13.1. The highest BCUT2D eigenvalue weighted by molar-refractivity contribution is 7.09. The van der Waals surface area contributed by atoms with Crippen LogP contribution in [0.5, 0.6) is 0 Å². The Hall–Kier alpha value is -3.06. The zero-order chi connectivity index (χ0) is 19.0. The lowest BCUT2D eigenvalue weighted by Crippen LogP contribution is -2.27. The van der Waals surface area contributed by atoms with Crippen molar-refractivity contribution < 1.29 is 9.18 Å². The van der Waals surface area contributed by atoms with Gasteiger partial charge in [-0.05, 0) is 50.2 Å². The van der Waals surface area contributed by atoms with Gasteiger partial charge in [0.2, 0.25) is 0 Å². The van der Waals surface area contributed by atoms with Gasteiger partial charge in [0.25, 0.3) is 5.91 Å². The van der Waals surface area contributed by atoms with Crippen molar-refractivity contribution in [3.63, 3.8) is 0 Å². The van der Waals surface area contributed by atoms with Crippen LogP contribution in [0.1, 0.15) is 34.0 Å². The highest BCUT2D eigenvalue weighted by Gasteiger charge is 2.15. The minimum absolute atomic E-state index is 0.171. The predicted octanol–water partition coefficient (Wildman–Crippen LogP) is 4.40. The summed E-state index contributed by atoms with van der Waals surface area (Å²) in [7, 11) is 0. The largest absolute Gasteiger partial charge is 0.344 e. The van der Waals surface area contributed by atoms with Gasteiger partial charge >= 0.3 is 0 Å². The Balaban J connectivity index is 1.57. The zero-order valence-electron chi connectivity index (χ0n) is 14.8. The minimum atomic E-state index is -0.286. The Morgan fingerprint density at radius 1 is 1.15 bits per heavy atom. The fraction of sp³-hybridized carbons (Fsp3) is 0.150. The molecule has 1 atom stereocenters. The SMILES string of the molecule is Cc1nc([C@@H](C)NC(=O)c2ccc3nc(-c4ccc(F)cc4)cn3c2)cs1. The number of rotatable bonds is 4. The molecule has 4 rings (SSSR count). The lowest BCUT2D eigenvalue weighted by Gasteiger charge is -2.11. The maximum Gasteiger partial charge on any atom is 0.253 e. The third-order valence-electron chi connectivity index (χ3n) is 4.28. The monoisotopic (exact) mass is 380 g/mol. The number of imidazole rings is 1. The molecule has 0 spiro atoms. The number of halogens is 1. The van der Waals surface area contributed by atoms with Crippen LogP contribution in [0.25, 0.3) is 16.9 Å². The molecule has 0 saturated carbocycles. The van der Waals surface area contributed by atoms with E-state index in [2.05, 4.69) is 15.3 Å². The van der Waals surface area contributed by atoms with Gasteiger partial charge in [0.1, 0.15) is 11.5 Å². The van der Waals surface area contributed by atoms with Crippen LogP contribution in [0.3, 0.4) is 0 Å². The molecule has 0 aliphatic heterocycles. The summed E-state index contributed by atoms with van der Waals surface area (Å²) in [5, 5.41) is 5.89. The fourth-order valence-corrected chi connectivity index (χ4v) is 3.53. The second kappa shape index (κ2) is 6.92. The van der Waals surface area contributed by atoms with Gasteiger partial charge in [-0.1, -0.05) is 0 Å². The normalized spacial score (nSPS) is 12.3. The van der Waals surface area contributed by atoms with Gasteiger partial charge in [-0.3, -0.25) is 4.79 Å². The number of carbonyl (C=O) groups is 1. The second-order valence-electron chi connectivity index (χ2n) is 6.30. The number of pyridine rings is 1. The number of thiazole rings is 1. The summed E-state index contributed by atoms with van der Waals surface area (Å²) in [6.45, 7) is 3.85. The van der Waals surface area contributed by atoms with E-state index in [0.717, 1.165) is 22.0 Å². The Labute approximate surface area is 159 Å². The van der Waals surface area contributed by atoms with Crippen LogP contribution in [0.4, 0.5) is 4.39 Å². The number of aryl methyl sites for hydroxylation is 1. The molecule has 0 saturated heterocycles. The highest BCUT2D eigenvalue weighted by Crippen LogP contribution is 2.20. The van der Waals surface area contributed by atoms with Gasteiger partial charge in [-0.25, -0.2) is 14.4 Å². The molecule has 5 nitrogen and oxygen atoms in total. The lowest BCUT2D eigenvalue weighted by molar-refractivity contribution is 0.0938. The molecule has 3 aromatic heterocycles. The van der Waals surface area contributed by atoms with Crippen LogP contribution in [0, 0.1) is 12.7 Å². The summed E-state index contributed by atoms with van der Waals surface area (Å²) < 4.78 is 14.9. The summed E-state index contributed by atoms with van der Waals surface area (Å²) in [5.74, 6) is -0.460. The Morgan fingerprint density at radius 2 is 1.93 bits per heavy atom. The van der Waals surface area contributed by atoms with E-state index < -0.39 is 0 Å². The van der Waals surface area contributed by atoms with E-state index in [1.165, 1.54) is 12.1 Å². The number of carbonyl (C=O) groups excluding carboxylic acids is 1. The Bertz CT molecular complexity index is 1120.